The van der Waals surface area contributed by atoms with E-state index in [0.29, 0.717) is 42.9 Å². The summed E-state index contributed by atoms with van der Waals surface area (Å²) in [5, 5.41) is 7.53. The fourth-order valence-corrected chi connectivity index (χ4v) is 2.39. The number of hydrogen-bond donors (Lipinski definition) is 1. The van der Waals surface area contributed by atoms with Crippen molar-refractivity contribution in [3.8, 4) is 0 Å². The molecule has 0 amide bonds. The van der Waals surface area contributed by atoms with Crippen LogP contribution in [0.25, 0.3) is 0 Å². The highest BCUT2D eigenvalue weighted by Gasteiger charge is 2.20. The Morgan fingerprint density at radius 3 is 3.00 bits per heavy atom. The van der Waals surface area contributed by atoms with Crippen LogP contribution in [0.4, 0.5) is 5.69 Å². The molecule has 5 nitrogen and oxygen atoms in total. The molecule has 6 heteroatoms. The minimum atomic E-state index is -0.152. The molecule has 0 atom stereocenters. The molecule has 0 bridgehead atoms. The second kappa shape index (κ2) is 8.20. The molecule has 1 fully saturated rings. The van der Waals surface area contributed by atoms with E-state index in [-0.39, 0.29) is 5.56 Å². The Morgan fingerprint density at radius 2 is 2.33 bits per heavy atom. The van der Waals surface area contributed by atoms with Crippen LogP contribution in [0.3, 0.4) is 0 Å². The van der Waals surface area contributed by atoms with Crippen molar-refractivity contribution in [2.75, 3.05) is 25.1 Å². The molecular weight excluding hydrogens is 290 g/mol. The highest BCUT2D eigenvalue weighted by Crippen LogP contribution is 2.27. The van der Waals surface area contributed by atoms with E-state index in [4.69, 9.17) is 16.3 Å². The highest BCUT2D eigenvalue weighted by atomic mass is 35.5. The Hall–Kier alpha value is -1.33. The summed E-state index contributed by atoms with van der Waals surface area (Å²) < 4.78 is 6.91. The van der Waals surface area contributed by atoms with Crippen molar-refractivity contribution in [3.63, 3.8) is 0 Å². The molecule has 1 N–H and O–H groups in total. The maximum atomic E-state index is 12.3. The van der Waals surface area contributed by atoms with Crippen molar-refractivity contribution >= 4 is 17.3 Å². The van der Waals surface area contributed by atoms with Gasteiger partial charge in [-0.1, -0.05) is 24.1 Å². The Morgan fingerprint density at radius 1 is 1.52 bits per heavy atom. The molecule has 1 heterocycles. The van der Waals surface area contributed by atoms with Crippen LogP contribution in [-0.2, 0) is 11.3 Å². The van der Waals surface area contributed by atoms with Gasteiger partial charge in [0, 0.05) is 13.1 Å². The third-order valence-corrected chi connectivity index (χ3v) is 3.95. The summed E-state index contributed by atoms with van der Waals surface area (Å²) in [5.74, 6) is 0.575. The Balaban J connectivity index is 1.89. The fourth-order valence-electron chi connectivity index (χ4n) is 2.20. The van der Waals surface area contributed by atoms with Gasteiger partial charge in [-0.3, -0.25) is 4.79 Å². The summed E-state index contributed by atoms with van der Waals surface area (Å²) in [6.45, 7) is 6.01. The van der Waals surface area contributed by atoms with Crippen LogP contribution in [0.15, 0.2) is 23.6 Å². The summed E-state index contributed by atoms with van der Waals surface area (Å²) in [6, 6.07) is 0. The number of hydrogen-bond acceptors (Lipinski definition) is 4. The van der Waals surface area contributed by atoms with Crippen molar-refractivity contribution in [1.82, 2.24) is 9.78 Å². The van der Waals surface area contributed by atoms with Gasteiger partial charge in [-0.05, 0) is 25.2 Å². The summed E-state index contributed by atoms with van der Waals surface area (Å²) >= 11 is 6.06. The van der Waals surface area contributed by atoms with E-state index in [9.17, 15) is 4.79 Å². The van der Waals surface area contributed by atoms with E-state index in [1.165, 1.54) is 30.1 Å². The highest BCUT2D eigenvalue weighted by molar-refractivity contribution is 6.32. The van der Waals surface area contributed by atoms with Crippen LogP contribution >= 0.6 is 11.6 Å². The van der Waals surface area contributed by atoms with Crippen LogP contribution in [0.5, 0.6) is 0 Å². The number of halogens is 1. The maximum absolute atomic E-state index is 12.3. The molecule has 1 saturated carbocycles. The molecule has 0 aliphatic heterocycles. The zero-order valence-electron chi connectivity index (χ0n) is 12.2. The van der Waals surface area contributed by atoms with Gasteiger partial charge in [-0.2, -0.15) is 5.10 Å². The lowest BCUT2D eigenvalue weighted by molar-refractivity contribution is 0.149. The molecule has 1 aromatic heterocycles. The Bertz CT molecular complexity index is 526. The normalized spacial score (nSPS) is 14.7. The molecule has 2 rings (SSSR count). The van der Waals surface area contributed by atoms with Gasteiger partial charge in [0.1, 0.15) is 5.69 Å². The van der Waals surface area contributed by atoms with Crippen molar-refractivity contribution in [2.24, 2.45) is 5.92 Å². The molecule has 0 unspecified atom stereocenters. The van der Waals surface area contributed by atoms with Gasteiger partial charge < -0.3 is 10.1 Å². The van der Waals surface area contributed by atoms with E-state index >= 15 is 0 Å². The van der Waals surface area contributed by atoms with E-state index in [0.717, 1.165) is 6.42 Å². The number of rotatable bonds is 9. The first-order valence-electron chi connectivity index (χ1n) is 7.40. The number of anilines is 1. The van der Waals surface area contributed by atoms with Crippen LogP contribution in [0.2, 0.25) is 5.02 Å². The number of aromatic nitrogens is 2. The molecule has 0 saturated heterocycles. The lowest BCUT2D eigenvalue weighted by Gasteiger charge is -2.25. The van der Waals surface area contributed by atoms with Gasteiger partial charge in [-0.15, -0.1) is 6.58 Å². The van der Waals surface area contributed by atoms with Crippen LogP contribution in [0.1, 0.15) is 25.7 Å². The van der Waals surface area contributed by atoms with Crippen molar-refractivity contribution in [3.05, 3.63) is 34.2 Å². The average molecular weight is 312 g/mol. The lowest BCUT2D eigenvalue weighted by Crippen LogP contribution is -2.31. The van der Waals surface area contributed by atoms with Crippen LogP contribution in [0, 0.1) is 5.92 Å². The molecule has 1 aromatic rings. The van der Waals surface area contributed by atoms with Gasteiger partial charge in [0.15, 0.2) is 0 Å². The second-order valence-corrected chi connectivity index (χ2v) is 5.68. The van der Waals surface area contributed by atoms with Gasteiger partial charge in [-0.25, -0.2) is 4.68 Å². The van der Waals surface area contributed by atoms with Crippen LogP contribution < -0.4 is 10.9 Å². The molecule has 1 aliphatic carbocycles. The summed E-state index contributed by atoms with van der Waals surface area (Å²) in [5.41, 5.74) is 0.263. The topological polar surface area (TPSA) is 56.1 Å². The molecule has 0 aromatic carbocycles. The minimum Gasteiger partial charge on any atom is -0.379 e. The predicted octanol–water partition coefficient (Wildman–Crippen LogP) is 2.70. The third kappa shape index (κ3) is 4.58. The van der Waals surface area contributed by atoms with Gasteiger partial charge >= 0.3 is 0 Å². The molecule has 1 aliphatic rings. The number of nitrogens with one attached hydrogen (secondary N) is 1. The van der Waals surface area contributed by atoms with E-state index < -0.39 is 0 Å². The van der Waals surface area contributed by atoms with Crippen molar-refractivity contribution in [2.45, 2.75) is 32.2 Å². The second-order valence-electron chi connectivity index (χ2n) is 5.27. The van der Waals surface area contributed by atoms with E-state index in [2.05, 4.69) is 17.0 Å². The molecule has 0 radical (unpaired) electrons. The Kier molecular flexibility index (Phi) is 6.26. The first-order chi connectivity index (χ1) is 10.2. The molecule has 0 spiro atoms. The van der Waals surface area contributed by atoms with Crippen LogP contribution in [-0.4, -0.2) is 29.5 Å². The first-order valence-corrected chi connectivity index (χ1v) is 7.78. The molecule has 21 heavy (non-hydrogen) atoms. The smallest absolute Gasteiger partial charge is 0.291 e. The third-order valence-electron chi connectivity index (χ3n) is 3.67. The number of ether oxygens (including phenoxy) is 1. The fraction of sp³-hybridized carbons (Fsp3) is 0.600. The first kappa shape index (κ1) is 16.0. The molecule has 116 valence electrons. The SMILES string of the molecule is C=CCCOCCNc1c(Cl)cnn(CC2CCC2)c1=O. The standard InChI is InChI=1S/C15H22ClN3O2/c1-2-3-8-21-9-7-17-14-13(16)10-18-19(15(14)20)11-12-5-4-6-12/h2,10,12,17H,1,3-9,11H2. The lowest BCUT2D eigenvalue weighted by atomic mass is 9.85. The monoisotopic (exact) mass is 311 g/mol. The predicted molar refractivity (Wildman–Crippen MR) is 85.0 cm³/mol. The van der Waals surface area contributed by atoms with E-state index in [1.54, 1.807) is 0 Å². The summed E-state index contributed by atoms with van der Waals surface area (Å²) in [6.07, 6.45) is 7.77. The molecular formula is C15H22ClN3O2. The van der Waals surface area contributed by atoms with Gasteiger partial charge in [0.25, 0.3) is 5.56 Å². The summed E-state index contributed by atoms with van der Waals surface area (Å²) in [7, 11) is 0. The van der Waals surface area contributed by atoms with E-state index in [1.807, 2.05) is 6.08 Å². The van der Waals surface area contributed by atoms with Crippen molar-refractivity contribution in [1.29, 1.82) is 0 Å². The number of nitrogens with zero attached hydrogens (tertiary/aromatic N) is 2. The average Bonchev–Trinajstić information content (AvgIpc) is 2.43. The Labute approximate surface area is 129 Å². The maximum Gasteiger partial charge on any atom is 0.291 e. The zero-order valence-corrected chi connectivity index (χ0v) is 12.9. The van der Waals surface area contributed by atoms with Gasteiger partial charge in [0.2, 0.25) is 0 Å². The minimum absolute atomic E-state index is 0.152. The zero-order chi connectivity index (χ0) is 15.1. The largest absolute Gasteiger partial charge is 0.379 e. The quantitative estimate of drug-likeness (QED) is 0.563. The van der Waals surface area contributed by atoms with Crippen molar-refractivity contribution < 1.29 is 4.74 Å². The van der Waals surface area contributed by atoms with Gasteiger partial charge in [0.05, 0.1) is 24.4 Å². The summed E-state index contributed by atoms with van der Waals surface area (Å²) in [4.78, 5) is 12.3.